The topological polar surface area (TPSA) is 12.0 Å². The Morgan fingerprint density at radius 2 is 2.00 bits per heavy atom. The van der Waals surface area contributed by atoms with E-state index in [0.717, 1.165) is 25.4 Å². The van der Waals surface area contributed by atoms with Crippen molar-refractivity contribution < 1.29 is 0 Å². The maximum atomic E-state index is 5.50. The molecular weight excluding hydrogens is 166 g/mol. The van der Waals surface area contributed by atoms with Gasteiger partial charge in [0.15, 0.2) is 0 Å². The summed E-state index contributed by atoms with van der Waals surface area (Å²) < 4.78 is 0. The standard InChI is InChI=1S/C7H16ClNS/c1-10-7-3-6-9-5-2-4-8/h9H,2-7H2,1H3. The Hall–Kier alpha value is 0.600. The largest absolute Gasteiger partial charge is 0.317 e. The number of rotatable bonds is 7. The van der Waals surface area contributed by atoms with Crippen LogP contribution in [0.3, 0.4) is 0 Å². The third-order valence-corrected chi connectivity index (χ3v) is 2.15. The zero-order valence-corrected chi connectivity index (χ0v) is 8.10. The Labute approximate surface area is 72.9 Å². The van der Waals surface area contributed by atoms with Gasteiger partial charge in [0.2, 0.25) is 0 Å². The van der Waals surface area contributed by atoms with Crippen molar-refractivity contribution >= 4 is 23.4 Å². The Kier molecular flexibility index (Phi) is 10.2. The average molecular weight is 182 g/mol. The maximum Gasteiger partial charge on any atom is 0.0235 e. The molecule has 0 aliphatic heterocycles. The molecule has 0 rings (SSSR count). The minimum absolute atomic E-state index is 0.773. The van der Waals surface area contributed by atoms with Gasteiger partial charge in [-0.25, -0.2) is 0 Å². The lowest BCUT2D eigenvalue weighted by Gasteiger charge is -2.00. The molecule has 0 aromatic rings. The van der Waals surface area contributed by atoms with Crippen molar-refractivity contribution in [3.63, 3.8) is 0 Å². The Morgan fingerprint density at radius 1 is 1.30 bits per heavy atom. The molecule has 1 N–H and O–H groups in total. The Morgan fingerprint density at radius 3 is 2.60 bits per heavy atom. The molecule has 10 heavy (non-hydrogen) atoms. The van der Waals surface area contributed by atoms with E-state index in [4.69, 9.17) is 11.6 Å². The third kappa shape index (κ3) is 8.60. The minimum Gasteiger partial charge on any atom is -0.317 e. The van der Waals surface area contributed by atoms with Crippen molar-refractivity contribution in [2.45, 2.75) is 12.8 Å². The lowest BCUT2D eigenvalue weighted by Crippen LogP contribution is -2.17. The van der Waals surface area contributed by atoms with Crippen LogP contribution in [0.25, 0.3) is 0 Å². The molecule has 0 amide bonds. The zero-order chi connectivity index (χ0) is 7.66. The van der Waals surface area contributed by atoms with E-state index in [2.05, 4.69) is 11.6 Å². The first kappa shape index (κ1) is 10.6. The fourth-order valence-corrected chi connectivity index (χ4v) is 1.22. The van der Waals surface area contributed by atoms with E-state index < -0.39 is 0 Å². The fourth-order valence-electron chi connectivity index (χ4n) is 0.658. The molecule has 0 unspecified atom stereocenters. The van der Waals surface area contributed by atoms with Gasteiger partial charge in [0.05, 0.1) is 0 Å². The van der Waals surface area contributed by atoms with Gasteiger partial charge in [0.25, 0.3) is 0 Å². The molecule has 0 aliphatic rings. The van der Waals surface area contributed by atoms with Gasteiger partial charge in [-0.1, -0.05) is 0 Å². The molecule has 62 valence electrons. The molecule has 0 aromatic heterocycles. The second-order valence-electron chi connectivity index (χ2n) is 2.14. The molecule has 0 heterocycles. The molecule has 3 heteroatoms. The fraction of sp³-hybridized carbons (Fsp3) is 1.00. The van der Waals surface area contributed by atoms with Gasteiger partial charge >= 0.3 is 0 Å². The van der Waals surface area contributed by atoms with Crippen LogP contribution in [0.2, 0.25) is 0 Å². The smallest absolute Gasteiger partial charge is 0.0235 e. The highest BCUT2D eigenvalue weighted by Crippen LogP contribution is 1.93. The van der Waals surface area contributed by atoms with Crippen molar-refractivity contribution in [3.05, 3.63) is 0 Å². The number of halogens is 1. The third-order valence-electron chi connectivity index (χ3n) is 1.19. The molecule has 0 saturated carbocycles. The predicted octanol–water partition coefficient (Wildman–Crippen LogP) is 1.96. The highest BCUT2D eigenvalue weighted by Gasteiger charge is 1.86. The van der Waals surface area contributed by atoms with Gasteiger partial charge in [0, 0.05) is 5.88 Å². The van der Waals surface area contributed by atoms with Gasteiger partial charge in [-0.05, 0) is 37.9 Å². The van der Waals surface area contributed by atoms with Crippen molar-refractivity contribution in [1.29, 1.82) is 0 Å². The first-order valence-corrected chi connectivity index (χ1v) is 5.60. The molecule has 1 nitrogen and oxygen atoms in total. The predicted molar refractivity (Wildman–Crippen MR) is 51.2 cm³/mol. The molecule has 0 spiro atoms. The quantitative estimate of drug-likeness (QED) is 0.476. The molecule has 0 bridgehead atoms. The molecule has 0 saturated heterocycles. The van der Waals surface area contributed by atoms with Crippen LogP contribution in [0.5, 0.6) is 0 Å². The second-order valence-corrected chi connectivity index (χ2v) is 3.50. The van der Waals surface area contributed by atoms with E-state index in [-0.39, 0.29) is 0 Å². The summed E-state index contributed by atoms with van der Waals surface area (Å²) in [5.41, 5.74) is 0. The molecule has 0 aromatic carbocycles. The van der Waals surface area contributed by atoms with Gasteiger partial charge in [-0.15, -0.1) is 11.6 Å². The van der Waals surface area contributed by atoms with E-state index in [1.165, 1.54) is 12.2 Å². The lowest BCUT2D eigenvalue weighted by atomic mass is 10.4. The normalized spacial score (nSPS) is 10.2. The first-order chi connectivity index (χ1) is 4.91. The highest BCUT2D eigenvalue weighted by molar-refractivity contribution is 7.98. The monoisotopic (exact) mass is 181 g/mol. The van der Waals surface area contributed by atoms with Crippen LogP contribution in [0.15, 0.2) is 0 Å². The summed E-state index contributed by atoms with van der Waals surface area (Å²) in [4.78, 5) is 0. The number of hydrogen-bond acceptors (Lipinski definition) is 2. The van der Waals surface area contributed by atoms with Crippen molar-refractivity contribution in [2.75, 3.05) is 31.0 Å². The van der Waals surface area contributed by atoms with Gasteiger partial charge in [-0.3, -0.25) is 0 Å². The number of thioether (sulfide) groups is 1. The van der Waals surface area contributed by atoms with Crippen molar-refractivity contribution in [1.82, 2.24) is 5.32 Å². The number of hydrogen-bond donors (Lipinski definition) is 1. The summed E-state index contributed by atoms with van der Waals surface area (Å²) >= 11 is 7.40. The highest BCUT2D eigenvalue weighted by atomic mass is 35.5. The van der Waals surface area contributed by atoms with Gasteiger partial charge < -0.3 is 5.32 Å². The zero-order valence-electron chi connectivity index (χ0n) is 6.53. The van der Waals surface area contributed by atoms with E-state index in [0.29, 0.717) is 0 Å². The summed E-state index contributed by atoms with van der Waals surface area (Å²) in [5, 5.41) is 3.32. The van der Waals surface area contributed by atoms with Crippen molar-refractivity contribution in [3.8, 4) is 0 Å². The van der Waals surface area contributed by atoms with Crippen LogP contribution >= 0.6 is 23.4 Å². The van der Waals surface area contributed by atoms with Crippen LogP contribution in [0, 0.1) is 0 Å². The molecule has 0 radical (unpaired) electrons. The first-order valence-electron chi connectivity index (χ1n) is 3.67. The van der Waals surface area contributed by atoms with E-state index >= 15 is 0 Å². The van der Waals surface area contributed by atoms with E-state index in [9.17, 15) is 0 Å². The lowest BCUT2D eigenvalue weighted by molar-refractivity contribution is 0.666. The van der Waals surface area contributed by atoms with Crippen LogP contribution < -0.4 is 5.32 Å². The number of nitrogens with one attached hydrogen (secondary N) is 1. The Balaban J connectivity index is 2.65. The minimum atomic E-state index is 0.773. The Bertz CT molecular complexity index is 53.6. The average Bonchev–Trinajstić information content (AvgIpc) is 1.97. The molecule has 0 aliphatic carbocycles. The van der Waals surface area contributed by atoms with Gasteiger partial charge in [-0.2, -0.15) is 11.8 Å². The SMILES string of the molecule is CSCCCNCCCCl. The molecule has 0 atom stereocenters. The summed E-state index contributed by atoms with van der Waals surface area (Å²) in [5.74, 6) is 2.03. The van der Waals surface area contributed by atoms with E-state index in [1.54, 1.807) is 0 Å². The van der Waals surface area contributed by atoms with E-state index in [1.807, 2.05) is 11.8 Å². The summed E-state index contributed by atoms with van der Waals surface area (Å²) in [6, 6.07) is 0. The second kappa shape index (κ2) is 9.60. The maximum absolute atomic E-state index is 5.50. The van der Waals surface area contributed by atoms with Crippen LogP contribution in [-0.2, 0) is 0 Å². The van der Waals surface area contributed by atoms with Crippen LogP contribution in [0.1, 0.15) is 12.8 Å². The molecule has 0 fully saturated rings. The van der Waals surface area contributed by atoms with Crippen LogP contribution in [-0.4, -0.2) is 31.0 Å². The summed E-state index contributed by atoms with van der Waals surface area (Å²) in [7, 11) is 0. The number of alkyl halides is 1. The molecular formula is C7H16ClNS. The summed E-state index contributed by atoms with van der Waals surface area (Å²) in [6.45, 7) is 2.20. The van der Waals surface area contributed by atoms with Crippen molar-refractivity contribution in [2.24, 2.45) is 0 Å². The summed E-state index contributed by atoms with van der Waals surface area (Å²) in [6.07, 6.45) is 4.49. The van der Waals surface area contributed by atoms with Crippen LogP contribution in [0.4, 0.5) is 0 Å². The van der Waals surface area contributed by atoms with Gasteiger partial charge in [0.1, 0.15) is 0 Å².